The number of hydrogen-bond donors (Lipinski definition) is 3. The molecule has 92 valence electrons. The van der Waals surface area contributed by atoms with Crippen LogP contribution < -0.4 is 16.9 Å². The van der Waals surface area contributed by atoms with E-state index in [1.54, 1.807) is 0 Å². The number of nitrogens with two attached hydrogens (primary N) is 2. The van der Waals surface area contributed by atoms with Gasteiger partial charge in [0.2, 0.25) is 5.90 Å². The third-order valence-electron chi connectivity index (χ3n) is 1.91. The second kappa shape index (κ2) is 6.62. The average molecular weight is 236 g/mol. The molecule has 5 N–H and O–H groups in total. The van der Waals surface area contributed by atoms with Crippen molar-refractivity contribution in [3.8, 4) is 0 Å². The van der Waals surface area contributed by atoms with Gasteiger partial charge in [0.05, 0.1) is 12.2 Å². The fraction of sp³-hybridized carbons (Fsp3) is 0.273. The topological polar surface area (TPSA) is 103 Å². The van der Waals surface area contributed by atoms with Crippen LogP contribution in [0.4, 0.5) is 5.69 Å². The Morgan fingerprint density at radius 1 is 1.47 bits per heavy atom. The van der Waals surface area contributed by atoms with E-state index in [9.17, 15) is 4.79 Å². The molecule has 6 heteroatoms. The van der Waals surface area contributed by atoms with Gasteiger partial charge in [0.15, 0.2) is 0 Å². The summed E-state index contributed by atoms with van der Waals surface area (Å²) in [5.74, 6) is -0.317. The van der Waals surface area contributed by atoms with Crippen molar-refractivity contribution in [2.75, 3.05) is 12.0 Å². The Hall–Kier alpha value is -1.92. The van der Waals surface area contributed by atoms with Gasteiger partial charge in [-0.25, -0.2) is 0 Å². The number of rotatable bonds is 4. The lowest BCUT2D eigenvalue weighted by molar-refractivity contribution is -0.133. The van der Waals surface area contributed by atoms with E-state index in [-0.39, 0.29) is 12.4 Å². The Kier molecular flexibility index (Phi) is 5.12. The minimum atomic E-state index is -0.452. The number of esters is 1. The van der Waals surface area contributed by atoms with E-state index < -0.39 is 5.97 Å². The molecule has 0 amide bonds. The molecule has 0 heterocycles. The van der Waals surface area contributed by atoms with Gasteiger partial charge in [-0.15, -0.1) is 5.10 Å². The largest absolute Gasteiger partial charge is 0.409 e. The van der Waals surface area contributed by atoms with Crippen LogP contribution in [0.25, 0.3) is 0 Å². The maximum absolute atomic E-state index is 10.7. The van der Waals surface area contributed by atoms with Gasteiger partial charge in [0.25, 0.3) is 0 Å². The highest BCUT2D eigenvalue weighted by atomic mass is 16.5. The van der Waals surface area contributed by atoms with Gasteiger partial charge in [-0.2, -0.15) is 0 Å². The monoisotopic (exact) mass is 236 g/mol. The molecule has 0 radical (unpaired) electrons. The lowest BCUT2D eigenvalue weighted by Gasteiger charge is -2.05. The number of benzene rings is 1. The smallest absolute Gasteiger partial charge is 0.309 e. The summed E-state index contributed by atoms with van der Waals surface area (Å²) in [6.45, 7) is 1.79. The van der Waals surface area contributed by atoms with Gasteiger partial charge in [0, 0.05) is 13.5 Å². The third kappa shape index (κ3) is 4.62. The normalized spacial score (nSPS) is 11.1. The zero-order valence-corrected chi connectivity index (χ0v) is 9.64. The summed E-state index contributed by atoms with van der Waals surface area (Å²) in [7, 11) is 0. The van der Waals surface area contributed by atoms with Gasteiger partial charge in [0.1, 0.15) is 0 Å². The molecule has 0 fully saturated rings. The standard InChI is InChI=1S/C11H16N4O2/c1-8(16)17-11(7-13)15-14-10-4-2-3-9(5-10)6-12/h2-5,14H,6-7,12-13H2,1H3. The molecule has 1 rings (SSSR count). The molecular weight excluding hydrogens is 220 g/mol. The molecule has 0 unspecified atom stereocenters. The van der Waals surface area contributed by atoms with Gasteiger partial charge in [-0.3, -0.25) is 10.2 Å². The number of carbonyl (C=O) groups excluding carboxylic acids is 1. The second-order valence-corrected chi connectivity index (χ2v) is 3.32. The zero-order valence-electron chi connectivity index (χ0n) is 9.64. The van der Waals surface area contributed by atoms with Gasteiger partial charge < -0.3 is 16.2 Å². The lowest BCUT2D eigenvalue weighted by Crippen LogP contribution is -2.21. The SMILES string of the molecule is CC(=O)OC(CN)=NNc1cccc(CN)c1. The highest BCUT2D eigenvalue weighted by Gasteiger charge is 2.01. The molecular formula is C11H16N4O2. The van der Waals surface area contributed by atoms with Gasteiger partial charge in [-0.05, 0) is 17.7 Å². The summed E-state index contributed by atoms with van der Waals surface area (Å²) in [6, 6.07) is 7.44. The highest BCUT2D eigenvalue weighted by Crippen LogP contribution is 2.09. The Labute approximate surface area is 99.6 Å². The van der Waals surface area contributed by atoms with Crippen molar-refractivity contribution in [2.45, 2.75) is 13.5 Å². The van der Waals surface area contributed by atoms with E-state index in [0.29, 0.717) is 6.54 Å². The van der Waals surface area contributed by atoms with Crippen molar-refractivity contribution >= 4 is 17.6 Å². The second-order valence-electron chi connectivity index (χ2n) is 3.32. The predicted molar refractivity (Wildman–Crippen MR) is 66.2 cm³/mol. The quantitative estimate of drug-likeness (QED) is 0.304. The average Bonchev–Trinajstić information content (AvgIpc) is 2.34. The summed E-state index contributed by atoms with van der Waals surface area (Å²) in [6.07, 6.45) is 0. The van der Waals surface area contributed by atoms with Crippen molar-refractivity contribution in [3.63, 3.8) is 0 Å². The molecule has 1 aromatic carbocycles. The summed E-state index contributed by atoms with van der Waals surface area (Å²) in [5.41, 5.74) is 15.4. The molecule has 17 heavy (non-hydrogen) atoms. The van der Waals surface area contributed by atoms with E-state index in [1.807, 2.05) is 24.3 Å². The first-order valence-electron chi connectivity index (χ1n) is 5.15. The predicted octanol–water partition coefficient (Wildman–Crippen LogP) is 0.392. The van der Waals surface area contributed by atoms with Crippen LogP contribution in [0.1, 0.15) is 12.5 Å². The fourth-order valence-corrected chi connectivity index (χ4v) is 1.17. The molecule has 0 atom stereocenters. The maximum atomic E-state index is 10.7. The lowest BCUT2D eigenvalue weighted by atomic mass is 10.2. The van der Waals surface area contributed by atoms with Crippen LogP contribution in [0.5, 0.6) is 0 Å². The van der Waals surface area contributed by atoms with Crippen LogP contribution in [0.2, 0.25) is 0 Å². The minimum absolute atomic E-state index is 0.0448. The van der Waals surface area contributed by atoms with Crippen LogP contribution >= 0.6 is 0 Å². The van der Waals surface area contributed by atoms with Gasteiger partial charge in [-0.1, -0.05) is 12.1 Å². The molecule has 0 aromatic heterocycles. The number of hydrogen-bond acceptors (Lipinski definition) is 6. The number of nitrogens with one attached hydrogen (secondary N) is 1. The number of ether oxygens (including phenoxy) is 1. The van der Waals surface area contributed by atoms with Crippen LogP contribution in [0.3, 0.4) is 0 Å². The first kappa shape index (κ1) is 13.1. The summed E-state index contributed by atoms with van der Waals surface area (Å²) >= 11 is 0. The van der Waals surface area contributed by atoms with Gasteiger partial charge >= 0.3 is 5.97 Å². The first-order valence-corrected chi connectivity index (χ1v) is 5.15. The Morgan fingerprint density at radius 3 is 2.82 bits per heavy atom. The Balaban J connectivity index is 2.69. The number of hydrazone groups is 1. The van der Waals surface area contributed by atoms with Crippen LogP contribution in [0, 0.1) is 0 Å². The van der Waals surface area contributed by atoms with Crippen molar-refractivity contribution in [1.29, 1.82) is 0 Å². The molecule has 6 nitrogen and oxygen atoms in total. The zero-order chi connectivity index (χ0) is 12.7. The maximum Gasteiger partial charge on any atom is 0.309 e. The van der Waals surface area contributed by atoms with Crippen LogP contribution in [-0.2, 0) is 16.1 Å². The molecule has 0 saturated heterocycles. The van der Waals surface area contributed by atoms with Crippen molar-refractivity contribution in [1.82, 2.24) is 0 Å². The molecule has 0 saturated carbocycles. The van der Waals surface area contributed by atoms with Crippen LogP contribution in [0.15, 0.2) is 29.4 Å². The van der Waals surface area contributed by atoms with Crippen molar-refractivity contribution < 1.29 is 9.53 Å². The van der Waals surface area contributed by atoms with E-state index in [0.717, 1.165) is 11.3 Å². The van der Waals surface area contributed by atoms with E-state index in [4.69, 9.17) is 16.2 Å². The van der Waals surface area contributed by atoms with E-state index in [1.165, 1.54) is 6.92 Å². The third-order valence-corrected chi connectivity index (χ3v) is 1.91. The molecule has 0 bridgehead atoms. The molecule has 0 spiro atoms. The molecule has 0 aliphatic heterocycles. The van der Waals surface area contributed by atoms with Crippen molar-refractivity contribution in [2.24, 2.45) is 16.6 Å². The fourth-order valence-electron chi connectivity index (χ4n) is 1.17. The first-order chi connectivity index (χ1) is 8.15. The summed E-state index contributed by atoms with van der Waals surface area (Å²) in [4.78, 5) is 10.7. The number of anilines is 1. The number of carbonyl (C=O) groups is 1. The molecule has 1 aromatic rings. The summed E-state index contributed by atoms with van der Waals surface area (Å²) < 4.78 is 4.78. The summed E-state index contributed by atoms with van der Waals surface area (Å²) in [5, 5.41) is 3.89. The minimum Gasteiger partial charge on any atom is -0.409 e. The number of nitrogens with zero attached hydrogens (tertiary/aromatic N) is 1. The Morgan fingerprint density at radius 2 is 2.24 bits per heavy atom. The van der Waals surface area contributed by atoms with Crippen LogP contribution in [-0.4, -0.2) is 18.4 Å². The highest BCUT2D eigenvalue weighted by molar-refractivity contribution is 5.89. The molecule has 0 aliphatic rings. The van der Waals surface area contributed by atoms with E-state index in [2.05, 4.69) is 10.5 Å². The molecule has 0 aliphatic carbocycles. The van der Waals surface area contributed by atoms with Crippen molar-refractivity contribution in [3.05, 3.63) is 29.8 Å². The Bertz CT molecular complexity index is 418. The van der Waals surface area contributed by atoms with E-state index >= 15 is 0 Å².